The third kappa shape index (κ3) is 4.96. The van der Waals surface area contributed by atoms with Crippen LogP contribution < -0.4 is 14.2 Å². The smallest absolute Gasteiger partial charge is 0.295 e. The second kappa shape index (κ2) is 10.4. The molecule has 2 aromatic carbocycles. The van der Waals surface area contributed by atoms with Gasteiger partial charge in [-0.3, -0.25) is 9.59 Å². The number of methoxy groups -OCH3 is 3. The van der Waals surface area contributed by atoms with E-state index in [2.05, 4.69) is 0 Å². The molecule has 0 aliphatic carbocycles. The van der Waals surface area contributed by atoms with Gasteiger partial charge in [0.25, 0.3) is 11.7 Å². The number of rotatable bonds is 9. The van der Waals surface area contributed by atoms with Crippen LogP contribution in [0, 0.1) is 0 Å². The van der Waals surface area contributed by atoms with Crippen molar-refractivity contribution in [3.8, 4) is 17.2 Å². The van der Waals surface area contributed by atoms with Crippen LogP contribution in [0.3, 0.4) is 0 Å². The molecule has 0 radical (unpaired) electrons. The number of carbonyl (C=O) groups is 2. The highest BCUT2D eigenvalue weighted by Crippen LogP contribution is 2.42. The van der Waals surface area contributed by atoms with Crippen LogP contribution in [0.4, 0.5) is 0 Å². The zero-order valence-electron chi connectivity index (χ0n) is 19.6. The van der Waals surface area contributed by atoms with Gasteiger partial charge in [0, 0.05) is 12.6 Å². The van der Waals surface area contributed by atoms with Crippen LogP contribution in [0.5, 0.6) is 17.2 Å². The first-order valence-corrected chi connectivity index (χ1v) is 10.6. The Hall–Kier alpha value is -3.52. The molecule has 1 heterocycles. The van der Waals surface area contributed by atoms with Gasteiger partial charge in [-0.15, -0.1) is 0 Å². The van der Waals surface area contributed by atoms with E-state index >= 15 is 0 Å². The lowest BCUT2D eigenvalue weighted by atomic mass is 9.94. The maximum absolute atomic E-state index is 13.2. The molecular formula is C25H30N2O6. The first-order valence-electron chi connectivity index (χ1n) is 10.6. The van der Waals surface area contributed by atoms with Gasteiger partial charge in [0.2, 0.25) is 0 Å². The van der Waals surface area contributed by atoms with Crippen molar-refractivity contribution in [3.05, 3.63) is 59.2 Å². The Bertz CT molecular complexity index is 1060. The number of ether oxygens (including phenoxy) is 3. The Morgan fingerprint density at radius 3 is 2.33 bits per heavy atom. The normalized spacial score (nSPS) is 17.5. The Kier molecular flexibility index (Phi) is 7.60. The average Bonchev–Trinajstić information content (AvgIpc) is 3.08. The molecule has 2 aromatic rings. The van der Waals surface area contributed by atoms with Crippen LogP contribution in [-0.4, -0.2) is 75.1 Å². The van der Waals surface area contributed by atoms with Crippen molar-refractivity contribution in [2.45, 2.75) is 12.5 Å². The SMILES string of the molecule is COc1cccc([C@H]2/C(=C(\O)c3ccc(OC)cc3OC)C(=O)C(=O)N2CCCN(C)C)c1. The van der Waals surface area contributed by atoms with Crippen molar-refractivity contribution >= 4 is 17.4 Å². The fraction of sp³-hybridized carbons (Fsp3) is 0.360. The molecule has 0 bridgehead atoms. The number of hydrogen-bond acceptors (Lipinski definition) is 7. The number of Topliss-reactive ketones (excluding diaryl/α,β-unsaturated/α-hetero) is 1. The molecule has 8 heteroatoms. The first-order chi connectivity index (χ1) is 15.8. The molecule has 1 N–H and O–H groups in total. The average molecular weight is 455 g/mol. The third-order valence-electron chi connectivity index (χ3n) is 5.62. The number of likely N-dealkylation sites (tertiary alicyclic amines) is 1. The van der Waals surface area contributed by atoms with E-state index in [1.54, 1.807) is 43.5 Å². The number of aliphatic hydroxyl groups is 1. The van der Waals surface area contributed by atoms with Crippen LogP contribution in [0.15, 0.2) is 48.0 Å². The molecule has 0 spiro atoms. The summed E-state index contributed by atoms with van der Waals surface area (Å²) in [6.45, 7) is 1.11. The van der Waals surface area contributed by atoms with Gasteiger partial charge < -0.3 is 29.1 Å². The predicted molar refractivity (Wildman–Crippen MR) is 125 cm³/mol. The van der Waals surface area contributed by atoms with E-state index in [4.69, 9.17) is 14.2 Å². The highest BCUT2D eigenvalue weighted by atomic mass is 16.5. The molecule has 176 valence electrons. The molecule has 1 saturated heterocycles. The standard InChI is InChI=1S/C25H30N2O6/c1-26(2)12-7-13-27-22(16-8-6-9-17(14-16)31-3)21(24(29)25(27)30)23(28)19-11-10-18(32-4)15-20(19)33-5/h6,8-11,14-15,22,28H,7,12-13H2,1-5H3/b23-21+/t22-/m0/s1. The van der Waals surface area contributed by atoms with Crippen molar-refractivity contribution in [2.24, 2.45) is 0 Å². The third-order valence-corrected chi connectivity index (χ3v) is 5.62. The van der Waals surface area contributed by atoms with Gasteiger partial charge in [-0.05, 0) is 56.9 Å². The van der Waals surface area contributed by atoms with E-state index in [0.29, 0.717) is 41.3 Å². The van der Waals surface area contributed by atoms with Crippen molar-refractivity contribution < 1.29 is 28.9 Å². The molecule has 1 fully saturated rings. The van der Waals surface area contributed by atoms with E-state index in [-0.39, 0.29) is 11.3 Å². The molecule has 0 saturated carbocycles. The molecular weight excluding hydrogens is 424 g/mol. The van der Waals surface area contributed by atoms with Gasteiger partial charge in [0.1, 0.15) is 23.0 Å². The molecule has 1 aliphatic rings. The second-order valence-electron chi connectivity index (χ2n) is 7.99. The summed E-state index contributed by atoms with van der Waals surface area (Å²) in [6.07, 6.45) is 0.673. The van der Waals surface area contributed by atoms with E-state index in [0.717, 1.165) is 6.54 Å². The minimum absolute atomic E-state index is 0.0153. The summed E-state index contributed by atoms with van der Waals surface area (Å²) in [7, 11) is 8.43. The van der Waals surface area contributed by atoms with E-state index in [1.807, 2.05) is 25.1 Å². The van der Waals surface area contributed by atoms with Crippen LogP contribution in [0.1, 0.15) is 23.6 Å². The molecule has 33 heavy (non-hydrogen) atoms. The largest absolute Gasteiger partial charge is 0.507 e. The van der Waals surface area contributed by atoms with Gasteiger partial charge in [-0.25, -0.2) is 0 Å². The molecule has 0 aromatic heterocycles. The zero-order chi connectivity index (χ0) is 24.1. The molecule has 1 aliphatic heterocycles. The summed E-state index contributed by atoms with van der Waals surface area (Å²) in [4.78, 5) is 29.8. The first kappa shape index (κ1) is 24.1. The predicted octanol–water partition coefficient (Wildman–Crippen LogP) is 3.09. The number of amides is 1. The van der Waals surface area contributed by atoms with E-state index < -0.39 is 17.7 Å². The zero-order valence-corrected chi connectivity index (χ0v) is 19.6. The summed E-state index contributed by atoms with van der Waals surface area (Å²) in [5, 5.41) is 11.3. The Labute approximate surface area is 194 Å². The van der Waals surface area contributed by atoms with Crippen LogP contribution in [-0.2, 0) is 9.59 Å². The van der Waals surface area contributed by atoms with E-state index in [1.165, 1.54) is 19.1 Å². The maximum Gasteiger partial charge on any atom is 0.295 e. The topological polar surface area (TPSA) is 88.5 Å². The second-order valence-corrected chi connectivity index (χ2v) is 7.99. The van der Waals surface area contributed by atoms with Crippen molar-refractivity contribution in [3.63, 3.8) is 0 Å². The molecule has 3 rings (SSSR count). The van der Waals surface area contributed by atoms with E-state index in [9.17, 15) is 14.7 Å². The lowest BCUT2D eigenvalue weighted by Gasteiger charge is -2.26. The highest BCUT2D eigenvalue weighted by Gasteiger charge is 2.46. The summed E-state index contributed by atoms with van der Waals surface area (Å²) in [6, 6.07) is 11.3. The lowest BCUT2D eigenvalue weighted by Crippen LogP contribution is -2.32. The summed E-state index contributed by atoms with van der Waals surface area (Å²) in [5.74, 6) is -0.213. The fourth-order valence-corrected chi connectivity index (χ4v) is 3.97. The fourth-order valence-electron chi connectivity index (χ4n) is 3.97. The number of ketones is 1. The molecule has 1 amide bonds. The summed E-state index contributed by atoms with van der Waals surface area (Å²) >= 11 is 0. The lowest BCUT2D eigenvalue weighted by molar-refractivity contribution is -0.139. The minimum Gasteiger partial charge on any atom is -0.507 e. The number of carbonyl (C=O) groups excluding carboxylic acids is 2. The van der Waals surface area contributed by atoms with Gasteiger partial charge in [0.05, 0.1) is 38.5 Å². The summed E-state index contributed by atoms with van der Waals surface area (Å²) in [5.41, 5.74) is 0.992. The molecule has 8 nitrogen and oxygen atoms in total. The van der Waals surface area contributed by atoms with Gasteiger partial charge in [-0.1, -0.05) is 12.1 Å². The molecule has 0 unspecified atom stereocenters. The Balaban J connectivity index is 2.16. The monoisotopic (exact) mass is 454 g/mol. The molecule has 1 atom stereocenters. The number of benzene rings is 2. The maximum atomic E-state index is 13.2. The number of hydrogen-bond donors (Lipinski definition) is 1. The van der Waals surface area contributed by atoms with Crippen LogP contribution in [0.2, 0.25) is 0 Å². The highest BCUT2D eigenvalue weighted by molar-refractivity contribution is 6.46. The van der Waals surface area contributed by atoms with Crippen LogP contribution >= 0.6 is 0 Å². The van der Waals surface area contributed by atoms with Crippen molar-refractivity contribution in [1.29, 1.82) is 0 Å². The van der Waals surface area contributed by atoms with Gasteiger partial charge in [-0.2, -0.15) is 0 Å². The van der Waals surface area contributed by atoms with Crippen molar-refractivity contribution in [2.75, 3.05) is 48.5 Å². The van der Waals surface area contributed by atoms with Gasteiger partial charge >= 0.3 is 0 Å². The number of aliphatic hydroxyl groups excluding tert-OH is 1. The minimum atomic E-state index is -0.755. The Morgan fingerprint density at radius 2 is 1.70 bits per heavy atom. The quantitative estimate of drug-likeness (QED) is 0.354. The Morgan fingerprint density at radius 1 is 1.00 bits per heavy atom. The summed E-state index contributed by atoms with van der Waals surface area (Å²) < 4.78 is 16.0. The van der Waals surface area contributed by atoms with Crippen LogP contribution in [0.25, 0.3) is 5.76 Å². The van der Waals surface area contributed by atoms with Gasteiger partial charge in [0.15, 0.2) is 0 Å². The van der Waals surface area contributed by atoms with Crippen molar-refractivity contribution in [1.82, 2.24) is 9.80 Å². The number of nitrogens with zero attached hydrogens (tertiary/aromatic N) is 2.